The fraction of sp³-hybridized carbons (Fsp3) is 0.722. The Kier molecular flexibility index (Phi) is 4.43. The second-order valence-electron chi connectivity index (χ2n) is 7.96. The maximum atomic E-state index is 12.9. The summed E-state index contributed by atoms with van der Waals surface area (Å²) in [5.41, 5.74) is 0.374. The Morgan fingerprint density at radius 3 is 2.52 bits per heavy atom. The van der Waals surface area contributed by atoms with Crippen LogP contribution in [0.2, 0.25) is 0 Å². The van der Waals surface area contributed by atoms with Crippen molar-refractivity contribution in [3.63, 3.8) is 0 Å². The summed E-state index contributed by atoms with van der Waals surface area (Å²) in [6, 6.07) is 1.80. The Hall–Kier alpha value is -0.950. The smallest absolute Gasteiger partial charge is 0.300 e. The summed E-state index contributed by atoms with van der Waals surface area (Å²) in [6.07, 6.45) is 3.21. The van der Waals surface area contributed by atoms with E-state index in [9.17, 15) is 17.4 Å². The number of nitrogens with zero attached hydrogens (tertiary/aromatic N) is 2. The zero-order valence-electron chi connectivity index (χ0n) is 14.1. The number of pyridine rings is 1. The van der Waals surface area contributed by atoms with Crippen molar-refractivity contribution in [3.8, 4) is 0 Å². The first kappa shape index (κ1) is 17.5. The zero-order valence-corrected chi connectivity index (χ0v) is 14.9. The molecule has 0 aromatic carbocycles. The van der Waals surface area contributed by atoms with Crippen molar-refractivity contribution in [2.45, 2.75) is 50.2 Å². The number of halogens is 3. The molecular weight excluding hydrogens is 349 g/mol. The van der Waals surface area contributed by atoms with Crippen LogP contribution in [0.25, 0.3) is 0 Å². The highest BCUT2D eigenvalue weighted by Gasteiger charge is 2.48. The average molecular weight is 372 g/mol. The molecule has 0 atom stereocenters. The summed E-state index contributed by atoms with van der Waals surface area (Å²) in [7, 11) is -0.607. The van der Waals surface area contributed by atoms with E-state index in [1.807, 2.05) is 0 Å². The number of likely N-dealkylation sites (tertiary alicyclic amines) is 1. The van der Waals surface area contributed by atoms with Gasteiger partial charge < -0.3 is 0 Å². The number of aromatic nitrogens is 1. The molecule has 0 amide bonds. The lowest BCUT2D eigenvalue weighted by molar-refractivity contribution is -0.137. The van der Waals surface area contributed by atoms with E-state index in [2.05, 4.69) is 9.88 Å². The van der Waals surface area contributed by atoms with Crippen molar-refractivity contribution in [2.75, 3.05) is 24.6 Å². The Labute approximate surface area is 148 Å². The third kappa shape index (κ3) is 3.50. The van der Waals surface area contributed by atoms with Crippen molar-refractivity contribution in [3.05, 3.63) is 29.6 Å². The molecule has 0 bridgehead atoms. The maximum absolute atomic E-state index is 12.9. The van der Waals surface area contributed by atoms with Gasteiger partial charge in [-0.05, 0) is 56.2 Å². The zero-order chi connectivity index (χ0) is 17.7. The molecule has 1 saturated carbocycles. The van der Waals surface area contributed by atoms with E-state index < -0.39 is 22.5 Å². The normalized spacial score (nSPS) is 36.5. The molecule has 25 heavy (non-hydrogen) atoms. The van der Waals surface area contributed by atoms with Crippen LogP contribution in [0.1, 0.15) is 49.1 Å². The molecule has 2 aliphatic heterocycles. The van der Waals surface area contributed by atoms with Gasteiger partial charge in [-0.3, -0.25) is 14.1 Å². The van der Waals surface area contributed by atoms with Crippen LogP contribution in [0.15, 0.2) is 18.5 Å². The molecule has 138 valence electrons. The topological polar surface area (TPSA) is 33.2 Å². The van der Waals surface area contributed by atoms with Gasteiger partial charge in [-0.2, -0.15) is 13.2 Å². The van der Waals surface area contributed by atoms with Gasteiger partial charge in [0, 0.05) is 52.7 Å². The summed E-state index contributed by atoms with van der Waals surface area (Å²) in [5, 5.41) is 0. The molecule has 3 aliphatic rings. The standard InChI is InChI=1S/C18H23F3N2OS/c19-18(20,21)15-7-14(8-22-9-15)13-1-3-16(4-2-13)23-6-5-17(10-23)11-25(24)12-17/h7-9,13,16H,1-6,10-12H2. The van der Waals surface area contributed by atoms with Crippen LogP contribution in [0, 0.1) is 5.41 Å². The third-order valence-electron chi connectivity index (χ3n) is 6.17. The number of alkyl halides is 3. The first-order valence-corrected chi connectivity index (χ1v) is 10.4. The van der Waals surface area contributed by atoms with Crippen LogP contribution < -0.4 is 0 Å². The molecule has 0 unspecified atom stereocenters. The lowest BCUT2D eigenvalue weighted by Crippen LogP contribution is -2.48. The molecule has 3 fully saturated rings. The van der Waals surface area contributed by atoms with E-state index in [-0.39, 0.29) is 5.92 Å². The summed E-state index contributed by atoms with van der Waals surface area (Å²) in [4.78, 5) is 6.35. The van der Waals surface area contributed by atoms with E-state index in [0.717, 1.165) is 68.5 Å². The van der Waals surface area contributed by atoms with Crippen molar-refractivity contribution in [1.82, 2.24) is 9.88 Å². The maximum Gasteiger partial charge on any atom is 0.417 e. The minimum atomic E-state index is -4.33. The minimum Gasteiger partial charge on any atom is -0.300 e. The summed E-state index contributed by atoms with van der Waals surface area (Å²) < 4.78 is 50.1. The van der Waals surface area contributed by atoms with Crippen LogP contribution in [0.4, 0.5) is 13.2 Å². The fourth-order valence-corrected chi connectivity index (χ4v) is 6.52. The molecule has 2 saturated heterocycles. The molecule has 0 N–H and O–H groups in total. The first-order chi connectivity index (χ1) is 11.8. The van der Waals surface area contributed by atoms with Gasteiger partial charge in [0.05, 0.1) is 5.56 Å². The van der Waals surface area contributed by atoms with Gasteiger partial charge in [0.15, 0.2) is 0 Å². The van der Waals surface area contributed by atoms with E-state index in [4.69, 9.17) is 0 Å². The molecule has 4 rings (SSSR count). The van der Waals surface area contributed by atoms with Gasteiger partial charge in [-0.15, -0.1) is 0 Å². The van der Waals surface area contributed by atoms with Gasteiger partial charge in [-0.25, -0.2) is 0 Å². The molecule has 3 heterocycles. The van der Waals surface area contributed by atoms with Gasteiger partial charge >= 0.3 is 6.18 Å². The monoisotopic (exact) mass is 372 g/mol. The van der Waals surface area contributed by atoms with Gasteiger partial charge in [-0.1, -0.05) is 0 Å². The van der Waals surface area contributed by atoms with E-state index >= 15 is 0 Å². The lowest BCUT2D eigenvalue weighted by Gasteiger charge is -2.39. The Morgan fingerprint density at radius 2 is 1.88 bits per heavy atom. The molecule has 1 aromatic rings. The van der Waals surface area contributed by atoms with Crippen LogP contribution in [0.5, 0.6) is 0 Å². The van der Waals surface area contributed by atoms with Gasteiger partial charge in [0.1, 0.15) is 0 Å². The van der Waals surface area contributed by atoms with Crippen LogP contribution in [-0.4, -0.2) is 44.7 Å². The Morgan fingerprint density at radius 1 is 1.16 bits per heavy atom. The molecule has 0 radical (unpaired) electrons. The first-order valence-electron chi connectivity index (χ1n) is 8.96. The highest BCUT2D eigenvalue weighted by Crippen LogP contribution is 2.43. The molecular formula is C18H23F3N2OS. The fourth-order valence-electron chi connectivity index (χ4n) is 4.77. The quantitative estimate of drug-likeness (QED) is 0.796. The number of hydrogen-bond donors (Lipinski definition) is 0. The van der Waals surface area contributed by atoms with E-state index in [1.165, 1.54) is 6.07 Å². The Balaban J connectivity index is 1.35. The molecule has 3 nitrogen and oxygen atoms in total. The molecule has 1 aliphatic carbocycles. The van der Waals surface area contributed by atoms with Crippen molar-refractivity contribution in [1.29, 1.82) is 0 Å². The predicted molar refractivity (Wildman–Crippen MR) is 90.7 cm³/mol. The SMILES string of the molecule is O=S1CC2(CCN(C3CCC(c4cncc(C(F)(F)F)c4)CC3)C2)C1. The van der Waals surface area contributed by atoms with E-state index in [0.29, 0.717) is 11.5 Å². The van der Waals surface area contributed by atoms with Crippen molar-refractivity contribution >= 4 is 10.8 Å². The highest BCUT2D eigenvalue weighted by molar-refractivity contribution is 7.86. The van der Waals surface area contributed by atoms with Crippen molar-refractivity contribution < 1.29 is 17.4 Å². The second-order valence-corrected chi connectivity index (χ2v) is 9.42. The largest absolute Gasteiger partial charge is 0.417 e. The summed E-state index contributed by atoms with van der Waals surface area (Å²) in [6.45, 7) is 2.14. The third-order valence-corrected chi connectivity index (χ3v) is 8.04. The Bertz CT molecular complexity index is 663. The van der Waals surface area contributed by atoms with Gasteiger partial charge in [0.2, 0.25) is 0 Å². The number of hydrogen-bond acceptors (Lipinski definition) is 3. The lowest BCUT2D eigenvalue weighted by atomic mass is 9.81. The predicted octanol–water partition coefficient (Wildman–Crippen LogP) is 3.58. The van der Waals surface area contributed by atoms with Crippen LogP contribution in [0.3, 0.4) is 0 Å². The number of rotatable bonds is 2. The summed E-state index contributed by atoms with van der Waals surface area (Å²) in [5.74, 6) is 1.89. The summed E-state index contributed by atoms with van der Waals surface area (Å²) >= 11 is 0. The van der Waals surface area contributed by atoms with Crippen molar-refractivity contribution in [2.24, 2.45) is 5.41 Å². The second kappa shape index (κ2) is 6.34. The van der Waals surface area contributed by atoms with Gasteiger partial charge in [0.25, 0.3) is 0 Å². The van der Waals surface area contributed by atoms with Crippen LogP contribution in [-0.2, 0) is 17.0 Å². The highest BCUT2D eigenvalue weighted by atomic mass is 32.2. The minimum absolute atomic E-state index is 0.179. The molecule has 1 spiro atoms. The molecule has 7 heteroatoms. The van der Waals surface area contributed by atoms with E-state index in [1.54, 1.807) is 6.20 Å². The average Bonchev–Trinajstić information content (AvgIpc) is 2.99. The molecule has 1 aromatic heterocycles. The van der Waals surface area contributed by atoms with Crippen LogP contribution >= 0.6 is 0 Å².